The molecule has 0 aliphatic heterocycles. The van der Waals surface area contributed by atoms with E-state index in [9.17, 15) is 13.2 Å². The molecule has 0 radical (unpaired) electrons. The molecule has 0 heterocycles. The van der Waals surface area contributed by atoms with Crippen molar-refractivity contribution in [1.82, 2.24) is 4.72 Å². The van der Waals surface area contributed by atoms with Gasteiger partial charge in [0.25, 0.3) is 0 Å². The van der Waals surface area contributed by atoms with Crippen LogP contribution < -0.4 is 14.8 Å². The molecule has 0 aliphatic rings. The summed E-state index contributed by atoms with van der Waals surface area (Å²) in [5, 5.41) is 2.58. The molecule has 0 aliphatic carbocycles. The average molecular weight is 376 g/mol. The van der Waals surface area contributed by atoms with Crippen LogP contribution in [0.5, 0.6) is 5.75 Å². The molecule has 0 spiro atoms. The summed E-state index contributed by atoms with van der Waals surface area (Å²) in [6.07, 6.45) is 0.929. The molecule has 0 fully saturated rings. The summed E-state index contributed by atoms with van der Waals surface area (Å²) in [6.45, 7) is 5.20. The van der Waals surface area contributed by atoms with Crippen LogP contribution in [0.1, 0.15) is 37.9 Å². The topological polar surface area (TPSA) is 84.5 Å². The molecule has 2 N–H and O–H groups in total. The van der Waals surface area contributed by atoms with Gasteiger partial charge in [0.2, 0.25) is 15.9 Å². The SMILES string of the molecule is CCc1ccc(C(C)NS(=O)(=O)c2ccc(OC)c(NC(C)=O)c2)cc1. The number of anilines is 1. The summed E-state index contributed by atoms with van der Waals surface area (Å²) in [7, 11) is -2.31. The van der Waals surface area contributed by atoms with Gasteiger partial charge in [0.1, 0.15) is 5.75 Å². The van der Waals surface area contributed by atoms with E-state index in [0.29, 0.717) is 11.4 Å². The number of methoxy groups -OCH3 is 1. The molecule has 2 aromatic rings. The molecule has 140 valence electrons. The van der Waals surface area contributed by atoms with Gasteiger partial charge < -0.3 is 10.1 Å². The Kier molecular flexibility index (Phi) is 6.39. The van der Waals surface area contributed by atoms with E-state index in [2.05, 4.69) is 17.0 Å². The predicted octanol–water partition coefficient (Wildman–Crippen LogP) is 3.26. The van der Waals surface area contributed by atoms with Crippen molar-refractivity contribution < 1.29 is 17.9 Å². The maximum atomic E-state index is 12.7. The smallest absolute Gasteiger partial charge is 0.241 e. The summed E-state index contributed by atoms with van der Waals surface area (Å²) in [5.41, 5.74) is 2.38. The minimum atomic E-state index is -3.76. The van der Waals surface area contributed by atoms with Crippen LogP contribution in [0, 0.1) is 0 Å². The van der Waals surface area contributed by atoms with Gasteiger partial charge in [-0.25, -0.2) is 13.1 Å². The van der Waals surface area contributed by atoms with E-state index in [-0.39, 0.29) is 10.8 Å². The van der Waals surface area contributed by atoms with Crippen LogP contribution in [0.2, 0.25) is 0 Å². The van der Waals surface area contributed by atoms with Crippen LogP contribution in [0.3, 0.4) is 0 Å². The van der Waals surface area contributed by atoms with Crippen LogP contribution >= 0.6 is 0 Å². The lowest BCUT2D eigenvalue weighted by atomic mass is 10.1. The lowest BCUT2D eigenvalue weighted by molar-refractivity contribution is -0.114. The van der Waals surface area contributed by atoms with Gasteiger partial charge in [-0.05, 0) is 42.7 Å². The van der Waals surface area contributed by atoms with Crippen molar-refractivity contribution in [1.29, 1.82) is 0 Å². The van der Waals surface area contributed by atoms with Crippen molar-refractivity contribution in [3.05, 3.63) is 53.6 Å². The molecule has 2 aromatic carbocycles. The van der Waals surface area contributed by atoms with Crippen molar-refractivity contribution in [2.24, 2.45) is 0 Å². The Bertz CT molecular complexity index is 877. The highest BCUT2D eigenvalue weighted by molar-refractivity contribution is 7.89. The fourth-order valence-corrected chi connectivity index (χ4v) is 3.81. The molecule has 0 bridgehead atoms. The fraction of sp³-hybridized carbons (Fsp3) is 0.316. The molecule has 6 nitrogen and oxygen atoms in total. The van der Waals surface area contributed by atoms with E-state index >= 15 is 0 Å². The maximum Gasteiger partial charge on any atom is 0.241 e. The summed E-state index contributed by atoms with van der Waals surface area (Å²) < 4.78 is 33.2. The number of sulfonamides is 1. The summed E-state index contributed by atoms with van der Waals surface area (Å²) >= 11 is 0. The zero-order chi connectivity index (χ0) is 19.3. The Morgan fingerprint density at radius 2 is 1.81 bits per heavy atom. The van der Waals surface area contributed by atoms with Gasteiger partial charge in [-0.1, -0.05) is 31.2 Å². The highest BCUT2D eigenvalue weighted by atomic mass is 32.2. The first-order valence-corrected chi connectivity index (χ1v) is 9.82. The molecular formula is C19H24N2O4S. The third-order valence-electron chi connectivity index (χ3n) is 4.01. The minimum Gasteiger partial charge on any atom is -0.495 e. The van der Waals surface area contributed by atoms with Gasteiger partial charge in [0.15, 0.2) is 0 Å². The predicted molar refractivity (Wildman–Crippen MR) is 102 cm³/mol. The molecule has 0 saturated carbocycles. The van der Waals surface area contributed by atoms with E-state index in [1.807, 2.05) is 24.3 Å². The van der Waals surface area contributed by atoms with Gasteiger partial charge in [0.05, 0.1) is 17.7 Å². The second-order valence-corrected chi connectivity index (χ2v) is 7.70. The lowest BCUT2D eigenvalue weighted by Gasteiger charge is -2.16. The molecule has 1 unspecified atom stereocenters. The van der Waals surface area contributed by atoms with Crippen molar-refractivity contribution in [3.63, 3.8) is 0 Å². The third-order valence-corrected chi connectivity index (χ3v) is 5.55. The Morgan fingerprint density at radius 1 is 1.15 bits per heavy atom. The maximum absolute atomic E-state index is 12.7. The average Bonchev–Trinajstić information content (AvgIpc) is 2.60. The molecule has 0 saturated heterocycles. The quantitative estimate of drug-likeness (QED) is 0.777. The van der Waals surface area contributed by atoms with Gasteiger partial charge in [0, 0.05) is 13.0 Å². The first-order valence-electron chi connectivity index (χ1n) is 8.33. The number of nitrogens with one attached hydrogen (secondary N) is 2. The van der Waals surface area contributed by atoms with Crippen LogP contribution in [0.25, 0.3) is 0 Å². The van der Waals surface area contributed by atoms with E-state index in [1.165, 1.54) is 37.8 Å². The Labute approximate surface area is 154 Å². The van der Waals surface area contributed by atoms with E-state index in [4.69, 9.17) is 4.74 Å². The fourth-order valence-electron chi connectivity index (χ4n) is 2.55. The Hall–Kier alpha value is -2.38. The summed E-state index contributed by atoms with van der Waals surface area (Å²) in [4.78, 5) is 11.4. The van der Waals surface area contributed by atoms with E-state index in [0.717, 1.165) is 12.0 Å². The molecule has 26 heavy (non-hydrogen) atoms. The van der Waals surface area contributed by atoms with Gasteiger partial charge in [-0.15, -0.1) is 0 Å². The second-order valence-electron chi connectivity index (χ2n) is 5.98. The minimum absolute atomic E-state index is 0.0547. The molecule has 7 heteroatoms. The second kappa shape index (κ2) is 8.33. The number of amides is 1. The molecule has 0 aromatic heterocycles. The van der Waals surface area contributed by atoms with Crippen molar-refractivity contribution in [2.75, 3.05) is 12.4 Å². The van der Waals surface area contributed by atoms with Crippen molar-refractivity contribution in [3.8, 4) is 5.75 Å². The van der Waals surface area contributed by atoms with Crippen LogP contribution in [0.4, 0.5) is 5.69 Å². The number of ether oxygens (including phenoxy) is 1. The normalized spacial score (nSPS) is 12.5. The first-order chi connectivity index (χ1) is 12.3. The zero-order valence-electron chi connectivity index (χ0n) is 15.4. The summed E-state index contributed by atoms with van der Waals surface area (Å²) in [6, 6.07) is 11.8. The van der Waals surface area contributed by atoms with Crippen molar-refractivity contribution in [2.45, 2.75) is 38.1 Å². The number of hydrogen-bond donors (Lipinski definition) is 2. The van der Waals surface area contributed by atoms with Crippen LogP contribution in [-0.2, 0) is 21.2 Å². The van der Waals surface area contributed by atoms with Gasteiger partial charge in [-0.2, -0.15) is 0 Å². The third kappa shape index (κ3) is 4.83. The summed E-state index contributed by atoms with van der Waals surface area (Å²) in [5.74, 6) is 0.0811. The molecule has 1 amide bonds. The number of benzene rings is 2. The Balaban J connectivity index is 2.26. The molecule has 2 rings (SSSR count). The number of carbonyl (C=O) groups is 1. The van der Waals surface area contributed by atoms with Gasteiger partial charge in [-0.3, -0.25) is 4.79 Å². The highest BCUT2D eigenvalue weighted by Gasteiger charge is 2.20. The standard InChI is InChI=1S/C19H24N2O4S/c1-5-15-6-8-16(9-7-15)13(2)21-26(23,24)17-10-11-19(25-4)18(12-17)20-14(3)22/h6-13,21H,5H2,1-4H3,(H,20,22). The number of hydrogen-bond acceptors (Lipinski definition) is 4. The number of rotatable bonds is 7. The lowest BCUT2D eigenvalue weighted by Crippen LogP contribution is -2.27. The Morgan fingerprint density at radius 3 is 2.35 bits per heavy atom. The zero-order valence-corrected chi connectivity index (χ0v) is 16.2. The van der Waals surface area contributed by atoms with Crippen LogP contribution in [0.15, 0.2) is 47.4 Å². The van der Waals surface area contributed by atoms with E-state index in [1.54, 1.807) is 6.92 Å². The van der Waals surface area contributed by atoms with Gasteiger partial charge >= 0.3 is 0 Å². The van der Waals surface area contributed by atoms with Crippen molar-refractivity contribution >= 4 is 21.6 Å². The molecular weight excluding hydrogens is 352 g/mol. The molecule has 1 atom stereocenters. The monoisotopic (exact) mass is 376 g/mol. The first kappa shape index (κ1) is 19.9. The highest BCUT2D eigenvalue weighted by Crippen LogP contribution is 2.28. The largest absolute Gasteiger partial charge is 0.495 e. The number of carbonyl (C=O) groups excluding carboxylic acids is 1. The van der Waals surface area contributed by atoms with E-state index < -0.39 is 16.1 Å². The number of aryl methyl sites for hydroxylation is 1. The van der Waals surface area contributed by atoms with Crippen LogP contribution in [-0.4, -0.2) is 21.4 Å².